The highest BCUT2D eigenvalue weighted by atomic mass is 16.5. The summed E-state index contributed by atoms with van der Waals surface area (Å²) in [7, 11) is 1.57. The molecule has 106 valence electrons. The number of carbonyl (C=O) groups is 2. The van der Waals surface area contributed by atoms with Crippen LogP contribution in [-0.2, 0) is 9.59 Å². The van der Waals surface area contributed by atoms with Gasteiger partial charge in [-0.1, -0.05) is 0 Å². The van der Waals surface area contributed by atoms with Gasteiger partial charge >= 0.3 is 5.97 Å². The molecule has 2 N–H and O–H groups in total. The number of ether oxygens (including phenoxy) is 2. The molecule has 1 amide bonds. The van der Waals surface area contributed by atoms with Crippen molar-refractivity contribution in [3.63, 3.8) is 0 Å². The standard InChI is InChI=1S/C14H15NO5/c1-19-11-3-2-9-6-10(8-20-12(9)7-11)14(18)15-5-4-13(16)17/h2-3,6-7H,4-5,8H2,1H3,(H,15,18)(H,16,17). The number of carboxylic acids is 1. The Morgan fingerprint density at radius 3 is 2.95 bits per heavy atom. The van der Waals surface area contributed by atoms with Crippen LogP contribution < -0.4 is 14.8 Å². The smallest absolute Gasteiger partial charge is 0.305 e. The van der Waals surface area contributed by atoms with Crippen LogP contribution in [0.5, 0.6) is 11.5 Å². The molecule has 6 heteroatoms. The van der Waals surface area contributed by atoms with Crippen molar-refractivity contribution in [3.05, 3.63) is 29.3 Å². The Hall–Kier alpha value is -2.50. The van der Waals surface area contributed by atoms with Crippen molar-refractivity contribution in [1.29, 1.82) is 0 Å². The molecule has 0 aromatic heterocycles. The van der Waals surface area contributed by atoms with Gasteiger partial charge in [0.25, 0.3) is 5.91 Å². The normalized spacial score (nSPS) is 12.8. The zero-order valence-electron chi connectivity index (χ0n) is 11.0. The maximum atomic E-state index is 11.8. The van der Waals surface area contributed by atoms with E-state index in [1.54, 1.807) is 31.4 Å². The molecule has 0 bridgehead atoms. The molecule has 1 aliphatic heterocycles. The van der Waals surface area contributed by atoms with E-state index in [4.69, 9.17) is 14.6 Å². The second kappa shape index (κ2) is 6.10. The Labute approximate surface area is 116 Å². The molecule has 0 saturated carbocycles. The number of carboxylic acid groups (broad SMARTS) is 1. The predicted molar refractivity (Wildman–Crippen MR) is 71.7 cm³/mol. The van der Waals surface area contributed by atoms with E-state index in [0.717, 1.165) is 5.56 Å². The second-order valence-electron chi connectivity index (χ2n) is 4.26. The van der Waals surface area contributed by atoms with Crippen LogP contribution in [0.4, 0.5) is 0 Å². The van der Waals surface area contributed by atoms with Crippen molar-refractivity contribution in [2.24, 2.45) is 0 Å². The lowest BCUT2D eigenvalue weighted by Crippen LogP contribution is -2.30. The van der Waals surface area contributed by atoms with Crippen LogP contribution in [-0.4, -0.2) is 37.2 Å². The highest BCUT2D eigenvalue weighted by Gasteiger charge is 2.17. The Bertz CT molecular complexity index is 565. The van der Waals surface area contributed by atoms with Crippen molar-refractivity contribution in [1.82, 2.24) is 5.32 Å². The lowest BCUT2D eigenvalue weighted by atomic mass is 10.1. The first-order valence-electron chi connectivity index (χ1n) is 6.11. The summed E-state index contributed by atoms with van der Waals surface area (Å²) in [6.45, 7) is 0.250. The molecule has 0 unspecified atom stereocenters. The van der Waals surface area contributed by atoms with E-state index in [1.807, 2.05) is 0 Å². The van der Waals surface area contributed by atoms with Gasteiger partial charge in [0, 0.05) is 18.2 Å². The number of amides is 1. The average Bonchev–Trinajstić information content (AvgIpc) is 2.45. The predicted octanol–water partition coefficient (Wildman–Crippen LogP) is 1.06. The van der Waals surface area contributed by atoms with Crippen molar-refractivity contribution < 1.29 is 24.2 Å². The van der Waals surface area contributed by atoms with Gasteiger partial charge < -0.3 is 19.9 Å². The SMILES string of the molecule is COc1ccc2c(c1)OCC(C(=O)NCCC(=O)O)=C2. The summed E-state index contributed by atoms with van der Waals surface area (Å²) in [6.07, 6.45) is 1.63. The molecule has 0 spiro atoms. The maximum absolute atomic E-state index is 11.8. The lowest BCUT2D eigenvalue weighted by Gasteiger charge is -2.18. The van der Waals surface area contributed by atoms with E-state index >= 15 is 0 Å². The summed E-state index contributed by atoms with van der Waals surface area (Å²) in [5, 5.41) is 11.1. The van der Waals surface area contributed by atoms with E-state index in [1.165, 1.54) is 0 Å². The summed E-state index contributed by atoms with van der Waals surface area (Å²) < 4.78 is 10.6. The molecule has 6 nitrogen and oxygen atoms in total. The Morgan fingerprint density at radius 2 is 2.25 bits per heavy atom. The van der Waals surface area contributed by atoms with Gasteiger partial charge in [0.2, 0.25) is 0 Å². The Morgan fingerprint density at radius 1 is 1.45 bits per heavy atom. The number of carbonyl (C=O) groups excluding carboxylic acids is 1. The summed E-state index contributed by atoms with van der Waals surface area (Å²) in [4.78, 5) is 22.2. The number of fused-ring (bicyclic) bond motifs is 1. The van der Waals surface area contributed by atoms with E-state index in [0.29, 0.717) is 17.1 Å². The molecular formula is C14H15NO5. The lowest BCUT2D eigenvalue weighted by molar-refractivity contribution is -0.136. The average molecular weight is 277 g/mol. The van der Waals surface area contributed by atoms with Crippen molar-refractivity contribution in [3.8, 4) is 11.5 Å². The number of benzene rings is 1. The molecular weight excluding hydrogens is 262 g/mol. The first-order chi connectivity index (χ1) is 9.60. The van der Waals surface area contributed by atoms with Crippen molar-refractivity contribution in [2.75, 3.05) is 20.3 Å². The van der Waals surface area contributed by atoms with E-state index in [2.05, 4.69) is 5.32 Å². The summed E-state index contributed by atoms with van der Waals surface area (Å²) in [5.41, 5.74) is 1.26. The fourth-order valence-electron chi connectivity index (χ4n) is 1.80. The molecule has 0 saturated heterocycles. The molecule has 1 aromatic carbocycles. The zero-order valence-corrected chi connectivity index (χ0v) is 11.0. The van der Waals surface area contributed by atoms with Gasteiger partial charge in [-0.05, 0) is 18.2 Å². The molecule has 1 aromatic rings. The van der Waals surface area contributed by atoms with Crippen LogP contribution in [0.1, 0.15) is 12.0 Å². The minimum atomic E-state index is -0.948. The number of hydrogen-bond acceptors (Lipinski definition) is 4. The summed E-state index contributed by atoms with van der Waals surface area (Å²) >= 11 is 0. The fraction of sp³-hybridized carbons (Fsp3) is 0.286. The van der Waals surface area contributed by atoms with Gasteiger partial charge in [0.1, 0.15) is 18.1 Å². The molecule has 20 heavy (non-hydrogen) atoms. The van der Waals surface area contributed by atoms with Gasteiger partial charge in [-0.2, -0.15) is 0 Å². The Balaban J connectivity index is 2.05. The first-order valence-corrected chi connectivity index (χ1v) is 6.11. The van der Waals surface area contributed by atoms with E-state index < -0.39 is 5.97 Å². The third kappa shape index (κ3) is 3.28. The summed E-state index contributed by atoms with van der Waals surface area (Å²) in [5.74, 6) is 0.0854. The number of nitrogens with one attached hydrogen (secondary N) is 1. The van der Waals surface area contributed by atoms with E-state index in [9.17, 15) is 9.59 Å². The fourth-order valence-corrected chi connectivity index (χ4v) is 1.80. The third-order valence-electron chi connectivity index (χ3n) is 2.85. The van der Waals surface area contributed by atoms with Crippen molar-refractivity contribution >= 4 is 18.0 Å². The molecule has 2 rings (SSSR count). The topological polar surface area (TPSA) is 84.9 Å². The molecule has 0 aliphatic carbocycles. The number of hydrogen-bond donors (Lipinski definition) is 2. The van der Waals surface area contributed by atoms with Gasteiger partial charge in [0.05, 0.1) is 19.1 Å². The highest BCUT2D eigenvalue weighted by molar-refractivity contribution is 5.99. The molecule has 0 radical (unpaired) electrons. The van der Waals surface area contributed by atoms with Crippen LogP contribution in [0.3, 0.4) is 0 Å². The van der Waals surface area contributed by atoms with Crippen LogP contribution in [0.25, 0.3) is 6.08 Å². The minimum absolute atomic E-state index is 0.0982. The first kappa shape index (κ1) is 13.9. The van der Waals surface area contributed by atoms with Crippen LogP contribution >= 0.6 is 0 Å². The number of rotatable bonds is 5. The summed E-state index contributed by atoms with van der Waals surface area (Å²) in [6, 6.07) is 5.34. The van der Waals surface area contributed by atoms with Gasteiger partial charge in [0.15, 0.2) is 0 Å². The Kier molecular flexibility index (Phi) is 4.24. The quantitative estimate of drug-likeness (QED) is 0.840. The minimum Gasteiger partial charge on any atom is -0.497 e. The number of methoxy groups -OCH3 is 1. The highest BCUT2D eigenvalue weighted by Crippen LogP contribution is 2.30. The van der Waals surface area contributed by atoms with Gasteiger partial charge in [-0.15, -0.1) is 0 Å². The second-order valence-corrected chi connectivity index (χ2v) is 4.26. The van der Waals surface area contributed by atoms with Gasteiger partial charge in [-0.25, -0.2) is 0 Å². The van der Waals surface area contributed by atoms with Gasteiger partial charge in [-0.3, -0.25) is 9.59 Å². The van der Waals surface area contributed by atoms with Crippen LogP contribution in [0.2, 0.25) is 0 Å². The molecule has 1 aliphatic rings. The largest absolute Gasteiger partial charge is 0.497 e. The monoisotopic (exact) mass is 277 g/mol. The third-order valence-corrected chi connectivity index (χ3v) is 2.85. The van der Waals surface area contributed by atoms with Crippen molar-refractivity contribution in [2.45, 2.75) is 6.42 Å². The maximum Gasteiger partial charge on any atom is 0.305 e. The zero-order chi connectivity index (χ0) is 14.5. The molecule has 0 fully saturated rings. The van der Waals surface area contributed by atoms with Crippen LogP contribution in [0, 0.1) is 0 Å². The van der Waals surface area contributed by atoms with E-state index in [-0.39, 0.29) is 25.5 Å². The molecule has 0 atom stereocenters. The van der Waals surface area contributed by atoms with Crippen LogP contribution in [0.15, 0.2) is 23.8 Å². The number of aliphatic carboxylic acids is 1. The molecule has 1 heterocycles.